The van der Waals surface area contributed by atoms with Crippen molar-refractivity contribution in [3.8, 4) is 17.0 Å². The number of aromatic nitrogens is 3. The van der Waals surface area contributed by atoms with Gasteiger partial charge in [0.2, 0.25) is 0 Å². The lowest BCUT2D eigenvalue weighted by atomic mass is 10.1. The molecule has 1 aromatic heterocycles. The molecule has 0 aliphatic carbocycles. The molecule has 0 unspecified atom stereocenters. The monoisotopic (exact) mass is 236 g/mol. The third kappa shape index (κ3) is 1.94. The van der Waals surface area contributed by atoms with E-state index in [2.05, 4.69) is 15.4 Å². The highest BCUT2D eigenvalue weighted by Gasteiger charge is 2.18. The molecule has 1 heterocycles. The van der Waals surface area contributed by atoms with E-state index in [4.69, 9.17) is 10.5 Å². The Hall–Kier alpha value is -2.44. The molecule has 0 aliphatic rings. The van der Waals surface area contributed by atoms with Crippen molar-refractivity contribution in [2.24, 2.45) is 5.73 Å². The Morgan fingerprint density at radius 2 is 2.24 bits per heavy atom. The number of ether oxygens (including phenoxy) is 1. The number of hydrogen-bond donors (Lipinski definition) is 2. The molecule has 2 aromatic rings. The Bertz CT molecular complexity index is 567. The SMILES string of the molecule is COc1ccc(F)c(-c2n[nH]nc2C(N)=O)c1. The zero-order valence-electron chi connectivity index (χ0n) is 8.90. The minimum atomic E-state index is -0.782. The average Bonchev–Trinajstić information content (AvgIpc) is 2.78. The van der Waals surface area contributed by atoms with Crippen LogP contribution in [-0.4, -0.2) is 28.4 Å². The summed E-state index contributed by atoms with van der Waals surface area (Å²) in [5.41, 5.74) is 5.16. The number of rotatable bonds is 3. The van der Waals surface area contributed by atoms with Crippen molar-refractivity contribution in [3.63, 3.8) is 0 Å². The van der Waals surface area contributed by atoms with Crippen LogP contribution in [0.2, 0.25) is 0 Å². The van der Waals surface area contributed by atoms with Gasteiger partial charge >= 0.3 is 0 Å². The van der Waals surface area contributed by atoms with E-state index < -0.39 is 11.7 Å². The molecule has 17 heavy (non-hydrogen) atoms. The van der Waals surface area contributed by atoms with Crippen LogP contribution < -0.4 is 10.5 Å². The minimum Gasteiger partial charge on any atom is -0.497 e. The summed E-state index contributed by atoms with van der Waals surface area (Å²) >= 11 is 0. The van der Waals surface area contributed by atoms with Gasteiger partial charge in [0.05, 0.1) is 7.11 Å². The van der Waals surface area contributed by atoms with Gasteiger partial charge in [-0.05, 0) is 18.2 Å². The number of amides is 1. The summed E-state index contributed by atoms with van der Waals surface area (Å²) in [6.45, 7) is 0. The van der Waals surface area contributed by atoms with Crippen LogP contribution in [0.3, 0.4) is 0 Å². The lowest BCUT2D eigenvalue weighted by Crippen LogP contribution is -2.13. The van der Waals surface area contributed by atoms with Crippen LogP contribution >= 0.6 is 0 Å². The van der Waals surface area contributed by atoms with E-state index in [1.54, 1.807) is 0 Å². The third-order valence-corrected chi connectivity index (χ3v) is 2.21. The van der Waals surface area contributed by atoms with Crippen LogP contribution in [0.15, 0.2) is 18.2 Å². The molecular weight excluding hydrogens is 227 g/mol. The van der Waals surface area contributed by atoms with Crippen molar-refractivity contribution in [1.29, 1.82) is 0 Å². The van der Waals surface area contributed by atoms with Crippen molar-refractivity contribution in [2.45, 2.75) is 0 Å². The number of nitrogens with two attached hydrogens (primary N) is 1. The number of carbonyl (C=O) groups is 1. The maximum Gasteiger partial charge on any atom is 0.271 e. The first kappa shape index (κ1) is 11.1. The maximum atomic E-state index is 13.6. The number of benzene rings is 1. The molecule has 2 rings (SSSR count). The minimum absolute atomic E-state index is 0.0638. The molecule has 7 heteroatoms. The van der Waals surface area contributed by atoms with Gasteiger partial charge in [-0.25, -0.2) is 4.39 Å². The summed E-state index contributed by atoms with van der Waals surface area (Å²) in [5, 5.41) is 9.52. The Kier molecular flexibility index (Phi) is 2.73. The van der Waals surface area contributed by atoms with Gasteiger partial charge in [-0.15, -0.1) is 0 Å². The lowest BCUT2D eigenvalue weighted by molar-refractivity contribution is 0.0996. The predicted molar refractivity (Wildman–Crippen MR) is 56.8 cm³/mol. The normalized spacial score (nSPS) is 10.2. The van der Waals surface area contributed by atoms with E-state index in [1.807, 2.05) is 0 Å². The number of hydrogen-bond acceptors (Lipinski definition) is 4. The zero-order chi connectivity index (χ0) is 12.4. The fourth-order valence-corrected chi connectivity index (χ4v) is 1.40. The molecule has 0 radical (unpaired) electrons. The van der Waals surface area contributed by atoms with Gasteiger partial charge in [-0.1, -0.05) is 0 Å². The maximum absolute atomic E-state index is 13.6. The standard InChI is InChI=1S/C10H9FN4O2/c1-17-5-2-3-7(11)6(4-5)8-9(10(12)16)14-15-13-8/h2-4H,1H3,(H2,12,16)(H,13,14,15). The molecular formula is C10H9FN4O2. The molecule has 0 saturated heterocycles. The average molecular weight is 236 g/mol. The van der Waals surface area contributed by atoms with E-state index in [9.17, 15) is 9.18 Å². The summed E-state index contributed by atoms with van der Waals surface area (Å²) in [6.07, 6.45) is 0. The first-order valence-electron chi connectivity index (χ1n) is 4.68. The summed E-state index contributed by atoms with van der Waals surface area (Å²) < 4.78 is 18.6. The van der Waals surface area contributed by atoms with Crippen molar-refractivity contribution < 1.29 is 13.9 Å². The van der Waals surface area contributed by atoms with Gasteiger partial charge in [-0.2, -0.15) is 15.4 Å². The van der Waals surface area contributed by atoms with Crippen molar-refractivity contribution in [1.82, 2.24) is 15.4 Å². The van der Waals surface area contributed by atoms with Gasteiger partial charge < -0.3 is 10.5 Å². The summed E-state index contributed by atoms with van der Waals surface area (Å²) in [6, 6.07) is 4.09. The molecule has 0 atom stereocenters. The largest absolute Gasteiger partial charge is 0.497 e. The number of primary amides is 1. The number of H-pyrrole nitrogens is 1. The van der Waals surface area contributed by atoms with E-state index in [0.29, 0.717) is 5.75 Å². The number of nitrogens with one attached hydrogen (secondary N) is 1. The van der Waals surface area contributed by atoms with Crippen LogP contribution in [0, 0.1) is 5.82 Å². The van der Waals surface area contributed by atoms with E-state index in [-0.39, 0.29) is 17.0 Å². The first-order valence-corrected chi connectivity index (χ1v) is 4.68. The number of nitrogens with zero attached hydrogens (tertiary/aromatic N) is 2. The first-order chi connectivity index (χ1) is 8.13. The van der Waals surface area contributed by atoms with Gasteiger partial charge in [-0.3, -0.25) is 4.79 Å². The second-order valence-corrected chi connectivity index (χ2v) is 3.23. The third-order valence-electron chi connectivity index (χ3n) is 2.21. The highest BCUT2D eigenvalue weighted by atomic mass is 19.1. The van der Waals surface area contributed by atoms with Gasteiger partial charge in [0.15, 0.2) is 5.69 Å². The van der Waals surface area contributed by atoms with Gasteiger partial charge in [0.1, 0.15) is 17.3 Å². The van der Waals surface area contributed by atoms with E-state index in [1.165, 1.54) is 25.3 Å². The Labute approximate surface area is 95.6 Å². The molecule has 1 aromatic carbocycles. The van der Waals surface area contributed by atoms with Crippen LogP contribution in [0.25, 0.3) is 11.3 Å². The second-order valence-electron chi connectivity index (χ2n) is 3.23. The molecule has 3 N–H and O–H groups in total. The summed E-state index contributed by atoms with van der Waals surface area (Å²) in [4.78, 5) is 11.1. The fourth-order valence-electron chi connectivity index (χ4n) is 1.40. The van der Waals surface area contributed by atoms with Crippen LogP contribution in [-0.2, 0) is 0 Å². The quantitative estimate of drug-likeness (QED) is 0.820. The zero-order valence-corrected chi connectivity index (χ0v) is 8.90. The molecule has 1 amide bonds. The highest BCUT2D eigenvalue weighted by Crippen LogP contribution is 2.26. The molecule has 88 valence electrons. The number of methoxy groups -OCH3 is 1. The molecule has 0 saturated carbocycles. The Balaban J connectivity index is 2.59. The number of halogens is 1. The van der Waals surface area contributed by atoms with Gasteiger partial charge in [0.25, 0.3) is 5.91 Å². The predicted octanol–water partition coefficient (Wildman–Crippen LogP) is 0.718. The molecule has 0 bridgehead atoms. The molecule has 6 nitrogen and oxygen atoms in total. The topological polar surface area (TPSA) is 93.9 Å². The summed E-state index contributed by atoms with van der Waals surface area (Å²) in [5.74, 6) is -0.877. The second kappa shape index (κ2) is 4.20. The molecule has 0 fully saturated rings. The number of carbonyl (C=O) groups excluding carboxylic acids is 1. The van der Waals surface area contributed by atoms with Crippen molar-refractivity contribution >= 4 is 5.91 Å². The molecule has 0 spiro atoms. The molecule has 0 aliphatic heterocycles. The Morgan fingerprint density at radius 3 is 2.88 bits per heavy atom. The number of aromatic amines is 1. The van der Waals surface area contributed by atoms with Gasteiger partial charge in [0, 0.05) is 5.56 Å². The van der Waals surface area contributed by atoms with E-state index >= 15 is 0 Å². The fraction of sp³-hybridized carbons (Fsp3) is 0.100. The van der Waals surface area contributed by atoms with E-state index in [0.717, 1.165) is 0 Å². The van der Waals surface area contributed by atoms with Crippen LogP contribution in [0.4, 0.5) is 4.39 Å². The van der Waals surface area contributed by atoms with Crippen molar-refractivity contribution in [2.75, 3.05) is 7.11 Å². The summed E-state index contributed by atoms with van der Waals surface area (Å²) in [7, 11) is 1.45. The van der Waals surface area contributed by atoms with Crippen LogP contribution in [0.5, 0.6) is 5.75 Å². The van der Waals surface area contributed by atoms with Crippen molar-refractivity contribution in [3.05, 3.63) is 29.7 Å². The van der Waals surface area contributed by atoms with Crippen LogP contribution in [0.1, 0.15) is 10.5 Å². The smallest absolute Gasteiger partial charge is 0.271 e. The lowest BCUT2D eigenvalue weighted by Gasteiger charge is -2.04. The Morgan fingerprint density at radius 1 is 1.47 bits per heavy atom. The highest BCUT2D eigenvalue weighted by molar-refractivity contribution is 5.96.